The minimum Gasteiger partial charge on any atom is -0.348 e. The molecule has 1 N–H and O–H groups in total. The van der Waals surface area contributed by atoms with E-state index in [0.717, 1.165) is 11.1 Å². The number of nitro benzene ring substituents is 1. The van der Waals surface area contributed by atoms with E-state index in [4.69, 9.17) is 0 Å². The van der Waals surface area contributed by atoms with Gasteiger partial charge in [-0.05, 0) is 24.1 Å². The highest BCUT2D eigenvalue weighted by Gasteiger charge is 2.18. The Labute approximate surface area is 149 Å². The van der Waals surface area contributed by atoms with Crippen LogP contribution in [0.1, 0.15) is 27.0 Å². The average molecular weight is 351 g/mol. The number of hydrogen-bond donors (Lipinski definition) is 1. The molecule has 3 rings (SSSR count). The highest BCUT2D eigenvalue weighted by atomic mass is 16.6. The van der Waals surface area contributed by atoms with E-state index in [1.807, 2.05) is 24.3 Å². The van der Waals surface area contributed by atoms with Crippen molar-refractivity contribution in [3.8, 4) is 0 Å². The van der Waals surface area contributed by atoms with Gasteiger partial charge >= 0.3 is 0 Å². The van der Waals surface area contributed by atoms with Crippen LogP contribution in [0.3, 0.4) is 0 Å². The number of nitro groups is 1. The predicted octanol–water partition coefficient (Wildman–Crippen LogP) is 2.47. The molecular weight excluding hydrogens is 334 g/mol. The highest BCUT2D eigenvalue weighted by Crippen LogP contribution is 2.21. The van der Waals surface area contributed by atoms with Gasteiger partial charge in [0.15, 0.2) is 0 Å². The summed E-state index contributed by atoms with van der Waals surface area (Å²) in [4.78, 5) is 26.9. The zero-order chi connectivity index (χ0) is 18.5. The van der Waals surface area contributed by atoms with Crippen molar-refractivity contribution in [1.29, 1.82) is 0 Å². The molecule has 0 saturated heterocycles. The van der Waals surface area contributed by atoms with E-state index in [0.29, 0.717) is 24.2 Å². The third-order valence-corrected chi connectivity index (χ3v) is 4.10. The summed E-state index contributed by atoms with van der Waals surface area (Å²) in [5.41, 5.74) is 2.54. The fourth-order valence-corrected chi connectivity index (χ4v) is 2.71. The second kappa shape index (κ2) is 7.56. The van der Waals surface area contributed by atoms with Crippen molar-refractivity contribution in [3.63, 3.8) is 0 Å². The summed E-state index contributed by atoms with van der Waals surface area (Å²) < 4.78 is 1.70. The molecule has 8 heteroatoms. The number of carbonyl (C=O) groups is 1. The van der Waals surface area contributed by atoms with E-state index < -0.39 is 4.92 Å². The van der Waals surface area contributed by atoms with Gasteiger partial charge in [0.1, 0.15) is 12.7 Å². The Kier molecular flexibility index (Phi) is 5.02. The minimum atomic E-state index is -0.487. The standard InChI is InChI=1S/C18H17N5O3/c1-13-16(7-4-8-17(13)23(25)26)18(24)20-9-14-5-2-3-6-15(14)10-22-12-19-11-21-22/h2-8,11-12H,9-10H2,1H3,(H,20,24). The van der Waals surface area contributed by atoms with Gasteiger partial charge in [0.25, 0.3) is 11.6 Å². The summed E-state index contributed by atoms with van der Waals surface area (Å²) in [5.74, 6) is -0.346. The largest absolute Gasteiger partial charge is 0.348 e. The van der Waals surface area contributed by atoms with Gasteiger partial charge in [0.05, 0.1) is 11.5 Å². The lowest BCUT2D eigenvalue weighted by atomic mass is 10.0. The molecule has 0 aliphatic carbocycles. The van der Waals surface area contributed by atoms with Crippen LogP contribution in [0.15, 0.2) is 55.1 Å². The molecule has 0 aliphatic heterocycles. The summed E-state index contributed by atoms with van der Waals surface area (Å²) >= 11 is 0. The number of aromatic nitrogens is 3. The van der Waals surface area contributed by atoms with Gasteiger partial charge in [0, 0.05) is 23.7 Å². The monoisotopic (exact) mass is 351 g/mol. The molecule has 1 amide bonds. The molecule has 0 aliphatic rings. The zero-order valence-electron chi connectivity index (χ0n) is 14.1. The number of nitrogens with zero attached hydrogens (tertiary/aromatic N) is 4. The summed E-state index contributed by atoms with van der Waals surface area (Å²) in [6.07, 6.45) is 3.09. The normalized spacial score (nSPS) is 10.5. The Morgan fingerprint density at radius 3 is 2.65 bits per heavy atom. The maximum absolute atomic E-state index is 12.5. The molecule has 0 atom stereocenters. The molecule has 26 heavy (non-hydrogen) atoms. The van der Waals surface area contributed by atoms with E-state index in [-0.39, 0.29) is 11.6 Å². The summed E-state index contributed by atoms with van der Waals surface area (Å²) in [7, 11) is 0. The molecule has 1 heterocycles. The first-order valence-electron chi connectivity index (χ1n) is 7.97. The van der Waals surface area contributed by atoms with Gasteiger partial charge in [-0.2, -0.15) is 5.10 Å². The Hall–Kier alpha value is -3.55. The second-order valence-electron chi connectivity index (χ2n) is 5.75. The van der Waals surface area contributed by atoms with Gasteiger partial charge < -0.3 is 5.32 Å². The third kappa shape index (κ3) is 3.75. The molecule has 0 radical (unpaired) electrons. The summed E-state index contributed by atoms with van der Waals surface area (Å²) in [6, 6.07) is 12.2. The van der Waals surface area contributed by atoms with Crippen molar-refractivity contribution in [2.45, 2.75) is 20.0 Å². The molecule has 8 nitrogen and oxygen atoms in total. The number of benzene rings is 2. The van der Waals surface area contributed by atoms with Crippen LogP contribution in [0.5, 0.6) is 0 Å². The lowest BCUT2D eigenvalue weighted by molar-refractivity contribution is -0.385. The molecular formula is C18H17N5O3. The smallest absolute Gasteiger partial charge is 0.273 e. The van der Waals surface area contributed by atoms with Gasteiger partial charge in [-0.3, -0.25) is 14.9 Å². The maximum atomic E-state index is 12.5. The second-order valence-corrected chi connectivity index (χ2v) is 5.75. The molecule has 0 unspecified atom stereocenters. The lowest BCUT2D eigenvalue weighted by Gasteiger charge is -2.12. The first-order chi connectivity index (χ1) is 12.6. The molecule has 2 aromatic carbocycles. The van der Waals surface area contributed by atoms with Crippen LogP contribution in [0.25, 0.3) is 0 Å². The van der Waals surface area contributed by atoms with Crippen LogP contribution in [0.4, 0.5) is 5.69 Å². The molecule has 0 spiro atoms. The maximum Gasteiger partial charge on any atom is 0.273 e. The van der Waals surface area contributed by atoms with Crippen LogP contribution in [0, 0.1) is 17.0 Å². The van der Waals surface area contributed by atoms with Crippen molar-refractivity contribution >= 4 is 11.6 Å². The van der Waals surface area contributed by atoms with Crippen LogP contribution >= 0.6 is 0 Å². The summed E-state index contributed by atoms with van der Waals surface area (Å²) in [5, 5.41) is 18.0. The molecule has 3 aromatic rings. The topological polar surface area (TPSA) is 103 Å². The molecule has 0 saturated carbocycles. The SMILES string of the molecule is Cc1c(C(=O)NCc2ccccc2Cn2cncn2)cccc1[N+](=O)[O-]. The number of nitrogens with one attached hydrogen (secondary N) is 1. The molecule has 132 valence electrons. The number of carbonyl (C=O) groups excluding carboxylic acids is 1. The molecule has 0 fully saturated rings. The van der Waals surface area contributed by atoms with Crippen LogP contribution < -0.4 is 5.32 Å². The Balaban J connectivity index is 1.75. The van der Waals surface area contributed by atoms with E-state index in [9.17, 15) is 14.9 Å². The molecule has 0 bridgehead atoms. The number of rotatable bonds is 6. The first kappa shape index (κ1) is 17.3. The van der Waals surface area contributed by atoms with E-state index in [1.165, 1.54) is 18.5 Å². The van der Waals surface area contributed by atoms with E-state index in [1.54, 1.807) is 24.0 Å². The summed E-state index contributed by atoms with van der Waals surface area (Å²) in [6.45, 7) is 2.43. The van der Waals surface area contributed by atoms with Crippen LogP contribution in [-0.2, 0) is 13.1 Å². The highest BCUT2D eigenvalue weighted by molar-refractivity contribution is 5.96. The lowest BCUT2D eigenvalue weighted by Crippen LogP contribution is -2.24. The van der Waals surface area contributed by atoms with E-state index >= 15 is 0 Å². The van der Waals surface area contributed by atoms with Crippen LogP contribution in [0.2, 0.25) is 0 Å². The fraction of sp³-hybridized carbons (Fsp3) is 0.167. The van der Waals surface area contributed by atoms with Crippen molar-refractivity contribution in [3.05, 3.63) is 87.5 Å². The average Bonchev–Trinajstić information content (AvgIpc) is 3.13. The number of hydrogen-bond acceptors (Lipinski definition) is 5. The van der Waals surface area contributed by atoms with Crippen LogP contribution in [-0.4, -0.2) is 25.6 Å². The first-order valence-corrected chi connectivity index (χ1v) is 7.97. The quantitative estimate of drug-likeness (QED) is 0.543. The van der Waals surface area contributed by atoms with Gasteiger partial charge in [-0.1, -0.05) is 30.3 Å². The predicted molar refractivity (Wildman–Crippen MR) is 94.6 cm³/mol. The number of amides is 1. The fourth-order valence-electron chi connectivity index (χ4n) is 2.71. The van der Waals surface area contributed by atoms with E-state index in [2.05, 4.69) is 15.4 Å². The third-order valence-electron chi connectivity index (χ3n) is 4.10. The minimum absolute atomic E-state index is 0.0655. The van der Waals surface area contributed by atoms with Crippen molar-refractivity contribution in [2.75, 3.05) is 0 Å². The van der Waals surface area contributed by atoms with Crippen molar-refractivity contribution in [1.82, 2.24) is 20.1 Å². The van der Waals surface area contributed by atoms with Crippen molar-refractivity contribution in [2.24, 2.45) is 0 Å². The van der Waals surface area contributed by atoms with Gasteiger partial charge in [-0.15, -0.1) is 0 Å². The van der Waals surface area contributed by atoms with Gasteiger partial charge in [0.2, 0.25) is 0 Å². The van der Waals surface area contributed by atoms with Crippen molar-refractivity contribution < 1.29 is 9.72 Å². The Morgan fingerprint density at radius 1 is 1.19 bits per heavy atom. The molecule has 1 aromatic heterocycles. The van der Waals surface area contributed by atoms with Gasteiger partial charge in [-0.25, -0.2) is 9.67 Å². The zero-order valence-corrected chi connectivity index (χ0v) is 14.1. The Morgan fingerprint density at radius 2 is 1.96 bits per heavy atom. The Bertz CT molecular complexity index is 938.